The molecular formula is C32H36Cl3N3O3. The second-order valence-electron chi connectivity index (χ2n) is 12.6. The Kier molecular flexibility index (Phi) is 7.80. The first kappa shape index (κ1) is 28.8. The van der Waals surface area contributed by atoms with Crippen LogP contribution in [-0.4, -0.2) is 71.7 Å². The summed E-state index contributed by atoms with van der Waals surface area (Å²) in [5.74, 6) is 0.431. The van der Waals surface area contributed by atoms with Gasteiger partial charge in [0.15, 0.2) is 0 Å². The van der Waals surface area contributed by atoms with Crippen molar-refractivity contribution < 1.29 is 14.4 Å². The molecule has 2 saturated heterocycles. The molecule has 0 N–H and O–H groups in total. The fourth-order valence-corrected chi connectivity index (χ4v) is 7.12. The Hall–Kier alpha value is -2.28. The van der Waals surface area contributed by atoms with Gasteiger partial charge in [0.1, 0.15) is 0 Å². The number of piperidine rings is 1. The molecule has 0 radical (unpaired) electrons. The van der Waals surface area contributed by atoms with Gasteiger partial charge in [-0.1, -0.05) is 47.8 Å². The number of likely N-dealkylation sites (N-methyl/N-ethyl adjacent to an activating group) is 1. The SMILES string of the molecule is CN(C(=O)c1ccc(Cl)c(C2CC2)c1)[C@@H]1CN(C(=O)C2CCN(C(=O)C3(C)CC3)CC2)C[C@H]1c1ccc(Cl)c(Cl)c1. The number of carbonyl (C=O) groups is 3. The van der Waals surface area contributed by atoms with Gasteiger partial charge in [0.2, 0.25) is 11.8 Å². The summed E-state index contributed by atoms with van der Waals surface area (Å²) in [6.45, 7) is 4.21. The molecule has 4 aliphatic rings. The van der Waals surface area contributed by atoms with E-state index < -0.39 is 0 Å². The van der Waals surface area contributed by atoms with Gasteiger partial charge in [0, 0.05) is 61.1 Å². The number of amides is 3. The molecule has 0 aromatic heterocycles. The average Bonchev–Trinajstić information content (AvgIpc) is 3.91. The van der Waals surface area contributed by atoms with Gasteiger partial charge < -0.3 is 14.7 Å². The number of benzene rings is 2. The van der Waals surface area contributed by atoms with Crippen molar-refractivity contribution >= 4 is 52.5 Å². The molecule has 2 atom stereocenters. The average molecular weight is 617 g/mol. The lowest BCUT2D eigenvalue weighted by molar-refractivity contribution is -0.142. The summed E-state index contributed by atoms with van der Waals surface area (Å²) >= 11 is 19.1. The number of carbonyl (C=O) groups excluding carboxylic acids is 3. The standard InChI is InChI=1S/C32H36Cl3N3O3/c1-32(11-12-32)31(41)37-13-9-20(10-14-37)30(40)38-17-24(21-5-8-26(34)27(35)16-21)28(18-38)36(2)29(39)22-6-7-25(33)23(15-22)19-3-4-19/h5-8,15-16,19-20,24,28H,3-4,9-14,17-18H2,1-2H3/t24-,28+/m0/s1. The summed E-state index contributed by atoms with van der Waals surface area (Å²) in [4.78, 5) is 46.0. The van der Waals surface area contributed by atoms with Crippen LogP contribution >= 0.6 is 34.8 Å². The van der Waals surface area contributed by atoms with Crippen molar-refractivity contribution in [1.82, 2.24) is 14.7 Å². The third-order valence-electron chi connectivity index (χ3n) is 9.70. The van der Waals surface area contributed by atoms with Gasteiger partial charge in [-0.15, -0.1) is 0 Å². The highest BCUT2D eigenvalue weighted by Crippen LogP contribution is 2.47. The minimum Gasteiger partial charge on any atom is -0.342 e. The van der Waals surface area contributed by atoms with Crippen LogP contribution in [0.5, 0.6) is 0 Å². The number of rotatable bonds is 6. The van der Waals surface area contributed by atoms with Crippen LogP contribution < -0.4 is 0 Å². The van der Waals surface area contributed by atoms with E-state index in [2.05, 4.69) is 0 Å². The molecule has 2 heterocycles. The highest BCUT2D eigenvalue weighted by Gasteiger charge is 2.48. The maximum atomic E-state index is 13.8. The highest BCUT2D eigenvalue weighted by molar-refractivity contribution is 6.42. The van der Waals surface area contributed by atoms with Crippen LogP contribution in [0.1, 0.15) is 78.8 Å². The second-order valence-corrected chi connectivity index (χ2v) is 13.9. The predicted octanol–water partition coefficient (Wildman–Crippen LogP) is 6.63. The van der Waals surface area contributed by atoms with Crippen LogP contribution in [0, 0.1) is 11.3 Å². The number of hydrogen-bond donors (Lipinski definition) is 0. The smallest absolute Gasteiger partial charge is 0.253 e. The maximum absolute atomic E-state index is 13.8. The van der Waals surface area contributed by atoms with Crippen molar-refractivity contribution in [2.24, 2.45) is 11.3 Å². The molecule has 6 rings (SSSR count). The third kappa shape index (κ3) is 5.72. The number of halogens is 3. The molecule has 0 spiro atoms. The largest absolute Gasteiger partial charge is 0.342 e. The Morgan fingerprint density at radius 2 is 1.54 bits per heavy atom. The molecular weight excluding hydrogens is 581 g/mol. The van der Waals surface area contributed by atoms with Gasteiger partial charge in [0.25, 0.3) is 5.91 Å². The van der Waals surface area contributed by atoms with E-state index in [-0.39, 0.29) is 41.0 Å². The molecule has 0 bridgehead atoms. The molecule has 41 heavy (non-hydrogen) atoms. The van der Waals surface area contributed by atoms with E-state index in [9.17, 15) is 14.4 Å². The number of nitrogens with zero attached hydrogens (tertiary/aromatic N) is 3. The zero-order chi connectivity index (χ0) is 29.1. The molecule has 6 nitrogen and oxygen atoms in total. The first-order chi connectivity index (χ1) is 19.6. The third-order valence-corrected chi connectivity index (χ3v) is 10.8. The van der Waals surface area contributed by atoms with E-state index in [0.29, 0.717) is 65.6 Å². The fraction of sp³-hybridized carbons (Fsp3) is 0.531. The summed E-state index contributed by atoms with van der Waals surface area (Å²) in [6, 6.07) is 10.9. The van der Waals surface area contributed by atoms with Crippen LogP contribution in [-0.2, 0) is 9.59 Å². The highest BCUT2D eigenvalue weighted by atomic mass is 35.5. The van der Waals surface area contributed by atoms with Crippen molar-refractivity contribution in [1.29, 1.82) is 0 Å². The summed E-state index contributed by atoms with van der Waals surface area (Å²) in [5.41, 5.74) is 2.41. The first-order valence-corrected chi connectivity index (χ1v) is 15.8. The monoisotopic (exact) mass is 615 g/mol. The number of likely N-dealkylation sites (tertiary alicyclic amines) is 2. The molecule has 9 heteroatoms. The summed E-state index contributed by atoms with van der Waals surface area (Å²) in [5, 5.41) is 1.63. The van der Waals surface area contributed by atoms with Crippen LogP contribution in [0.3, 0.4) is 0 Å². The van der Waals surface area contributed by atoms with E-state index in [1.807, 2.05) is 48.0 Å². The minimum absolute atomic E-state index is 0.0895. The Morgan fingerprint density at radius 3 is 2.17 bits per heavy atom. The Bertz CT molecular complexity index is 1380. The zero-order valence-corrected chi connectivity index (χ0v) is 25.8. The maximum Gasteiger partial charge on any atom is 0.253 e. The zero-order valence-electron chi connectivity index (χ0n) is 23.5. The Morgan fingerprint density at radius 1 is 0.854 bits per heavy atom. The van der Waals surface area contributed by atoms with Crippen LogP contribution in [0.2, 0.25) is 15.1 Å². The molecule has 218 valence electrons. The summed E-state index contributed by atoms with van der Waals surface area (Å²) in [6.07, 6.45) is 5.45. The van der Waals surface area contributed by atoms with Crippen molar-refractivity contribution in [2.75, 3.05) is 33.2 Å². The predicted molar refractivity (Wildman–Crippen MR) is 162 cm³/mol. The second kappa shape index (κ2) is 11.1. The molecule has 2 saturated carbocycles. The Labute approximate surface area is 256 Å². The first-order valence-electron chi connectivity index (χ1n) is 14.7. The molecule has 3 amide bonds. The van der Waals surface area contributed by atoms with E-state index in [1.165, 1.54) is 0 Å². The summed E-state index contributed by atoms with van der Waals surface area (Å²) < 4.78 is 0. The van der Waals surface area contributed by atoms with E-state index in [4.69, 9.17) is 34.8 Å². The van der Waals surface area contributed by atoms with E-state index in [1.54, 1.807) is 17.0 Å². The molecule has 2 aliphatic heterocycles. The lowest BCUT2D eigenvalue weighted by Gasteiger charge is -2.34. The van der Waals surface area contributed by atoms with Crippen molar-refractivity contribution in [2.45, 2.75) is 63.3 Å². The van der Waals surface area contributed by atoms with Gasteiger partial charge in [-0.25, -0.2) is 0 Å². The Balaban J connectivity index is 1.20. The van der Waals surface area contributed by atoms with Gasteiger partial charge in [-0.3, -0.25) is 14.4 Å². The lowest BCUT2D eigenvalue weighted by Crippen LogP contribution is -2.46. The van der Waals surface area contributed by atoms with Crippen LogP contribution in [0.4, 0.5) is 0 Å². The minimum atomic E-state index is -0.236. The van der Waals surface area contributed by atoms with Gasteiger partial charge in [0.05, 0.1) is 16.1 Å². The van der Waals surface area contributed by atoms with Gasteiger partial charge in [-0.2, -0.15) is 0 Å². The quantitative estimate of drug-likeness (QED) is 0.366. The van der Waals surface area contributed by atoms with Gasteiger partial charge >= 0.3 is 0 Å². The van der Waals surface area contributed by atoms with Gasteiger partial charge in [-0.05, 0) is 85.9 Å². The van der Waals surface area contributed by atoms with Crippen molar-refractivity contribution in [3.63, 3.8) is 0 Å². The summed E-state index contributed by atoms with van der Waals surface area (Å²) in [7, 11) is 1.82. The molecule has 2 aromatic carbocycles. The van der Waals surface area contributed by atoms with Crippen molar-refractivity contribution in [3.05, 3.63) is 68.2 Å². The van der Waals surface area contributed by atoms with E-state index in [0.717, 1.165) is 36.8 Å². The topological polar surface area (TPSA) is 60.9 Å². The fourth-order valence-electron chi connectivity index (χ4n) is 6.54. The molecule has 0 unspecified atom stereocenters. The van der Waals surface area contributed by atoms with E-state index >= 15 is 0 Å². The van der Waals surface area contributed by atoms with Crippen LogP contribution in [0.15, 0.2) is 36.4 Å². The molecule has 4 fully saturated rings. The molecule has 2 aliphatic carbocycles. The molecule has 2 aromatic rings. The van der Waals surface area contributed by atoms with Crippen molar-refractivity contribution in [3.8, 4) is 0 Å². The number of hydrogen-bond acceptors (Lipinski definition) is 3. The normalized spacial score (nSPS) is 23.9. The van der Waals surface area contributed by atoms with Crippen LogP contribution in [0.25, 0.3) is 0 Å². The lowest BCUT2D eigenvalue weighted by atomic mass is 9.92.